The first-order chi connectivity index (χ1) is 9.98. The highest BCUT2D eigenvalue weighted by Gasteiger charge is 2.32. The van der Waals surface area contributed by atoms with Gasteiger partial charge in [-0.3, -0.25) is 0 Å². The first-order valence-corrected chi connectivity index (χ1v) is 7.68. The lowest BCUT2D eigenvalue weighted by atomic mass is 9.79. The van der Waals surface area contributed by atoms with Crippen molar-refractivity contribution < 1.29 is 5.11 Å². The average Bonchev–Trinajstić information content (AvgIpc) is 2.86. The highest BCUT2D eigenvalue weighted by atomic mass is 35.5. The molecule has 0 aliphatic heterocycles. The zero-order valence-electron chi connectivity index (χ0n) is 12.3. The minimum Gasteiger partial charge on any atom is -0.388 e. The van der Waals surface area contributed by atoms with Crippen LogP contribution in [0.4, 0.5) is 5.82 Å². The van der Waals surface area contributed by atoms with Gasteiger partial charge in [0.2, 0.25) is 0 Å². The summed E-state index contributed by atoms with van der Waals surface area (Å²) >= 11 is 6.13. The monoisotopic (exact) mass is 309 g/mol. The van der Waals surface area contributed by atoms with Crippen LogP contribution in [0.3, 0.4) is 0 Å². The van der Waals surface area contributed by atoms with Crippen LogP contribution in [-0.2, 0) is 0 Å². The van der Waals surface area contributed by atoms with Gasteiger partial charge < -0.3 is 10.4 Å². The quantitative estimate of drug-likeness (QED) is 0.852. The second-order valence-electron chi connectivity index (χ2n) is 6.13. The van der Waals surface area contributed by atoms with Crippen LogP contribution in [0, 0.1) is 12.8 Å². The number of nitrogens with zero attached hydrogens (tertiary/aromatic N) is 4. The summed E-state index contributed by atoms with van der Waals surface area (Å²) in [6, 6.07) is 0. The number of anilines is 1. The Labute approximate surface area is 128 Å². The first-order valence-electron chi connectivity index (χ1n) is 7.31. The minimum absolute atomic E-state index is 0.405. The van der Waals surface area contributed by atoms with E-state index >= 15 is 0 Å². The molecule has 3 rings (SSSR count). The summed E-state index contributed by atoms with van der Waals surface area (Å²) < 4.78 is 1.62. The van der Waals surface area contributed by atoms with Gasteiger partial charge in [0.15, 0.2) is 0 Å². The predicted molar refractivity (Wildman–Crippen MR) is 81.6 cm³/mol. The topological polar surface area (TPSA) is 75.3 Å². The third-order valence-electron chi connectivity index (χ3n) is 4.26. The van der Waals surface area contributed by atoms with Crippen LogP contribution < -0.4 is 5.32 Å². The molecule has 0 amide bonds. The van der Waals surface area contributed by atoms with Gasteiger partial charge in [0, 0.05) is 12.1 Å². The van der Waals surface area contributed by atoms with Gasteiger partial charge in [-0.25, -0.2) is 0 Å². The van der Waals surface area contributed by atoms with Gasteiger partial charge in [-0.2, -0.15) is 19.6 Å². The molecule has 2 heterocycles. The molecule has 2 unspecified atom stereocenters. The summed E-state index contributed by atoms with van der Waals surface area (Å²) in [6.07, 6.45) is 5.34. The van der Waals surface area contributed by atoms with Crippen molar-refractivity contribution in [2.45, 2.75) is 45.1 Å². The number of nitrogens with one attached hydrogen (secondary N) is 1. The first kappa shape index (κ1) is 14.5. The Hall–Kier alpha value is -1.40. The number of hydrogen-bond donors (Lipinski definition) is 2. The maximum atomic E-state index is 10.7. The highest BCUT2D eigenvalue weighted by Crippen LogP contribution is 2.33. The molecule has 2 aromatic rings. The lowest BCUT2D eigenvalue weighted by Crippen LogP contribution is -2.41. The summed E-state index contributed by atoms with van der Waals surface area (Å²) in [5, 5.41) is 18.6. The van der Waals surface area contributed by atoms with Crippen LogP contribution in [0.15, 0.2) is 6.33 Å². The van der Waals surface area contributed by atoms with Crippen molar-refractivity contribution in [1.29, 1.82) is 0 Å². The van der Waals surface area contributed by atoms with E-state index in [1.54, 1.807) is 4.52 Å². The van der Waals surface area contributed by atoms with E-state index in [1.165, 1.54) is 12.7 Å². The van der Waals surface area contributed by atoms with Gasteiger partial charge in [0.1, 0.15) is 17.3 Å². The largest absolute Gasteiger partial charge is 0.388 e. The van der Waals surface area contributed by atoms with E-state index in [4.69, 9.17) is 11.6 Å². The summed E-state index contributed by atoms with van der Waals surface area (Å²) in [5.41, 5.74) is 0.134. The Morgan fingerprint density at radius 1 is 1.57 bits per heavy atom. The van der Waals surface area contributed by atoms with Gasteiger partial charge in [0.25, 0.3) is 5.78 Å². The number of rotatable bonds is 3. The van der Waals surface area contributed by atoms with Crippen molar-refractivity contribution in [3.8, 4) is 0 Å². The number of hydrogen-bond acceptors (Lipinski definition) is 5. The van der Waals surface area contributed by atoms with E-state index in [-0.39, 0.29) is 0 Å². The van der Waals surface area contributed by atoms with E-state index in [1.807, 2.05) is 6.92 Å². The SMILES string of the molecule is Cc1c(Cl)nc2ncnn2c1NCC1(O)CCCC(C)C1. The molecule has 2 atom stereocenters. The van der Waals surface area contributed by atoms with E-state index in [0.717, 1.165) is 30.6 Å². The Bertz CT molecular complexity index is 658. The maximum absolute atomic E-state index is 10.7. The van der Waals surface area contributed by atoms with Crippen molar-refractivity contribution >= 4 is 23.2 Å². The number of aliphatic hydroxyl groups is 1. The van der Waals surface area contributed by atoms with Crippen LogP contribution in [-0.4, -0.2) is 36.8 Å². The van der Waals surface area contributed by atoms with Crippen LogP contribution >= 0.6 is 11.6 Å². The molecule has 1 saturated carbocycles. The molecule has 7 heteroatoms. The molecule has 1 aliphatic carbocycles. The van der Waals surface area contributed by atoms with Crippen LogP contribution in [0.2, 0.25) is 5.15 Å². The molecule has 1 aliphatic rings. The minimum atomic E-state index is -0.674. The van der Waals surface area contributed by atoms with Gasteiger partial charge in [0.05, 0.1) is 5.60 Å². The Morgan fingerprint density at radius 2 is 2.38 bits per heavy atom. The zero-order valence-corrected chi connectivity index (χ0v) is 13.1. The summed E-state index contributed by atoms with van der Waals surface area (Å²) in [5.74, 6) is 1.75. The van der Waals surface area contributed by atoms with Gasteiger partial charge >= 0.3 is 0 Å². The molecule has 2 N–H and O–H groups in total. The predicted octanol–water partition coefficient (Wildman–Crippen LogP) is 2.44. The number of fused-ring (bicyclic) bond motifs is 1. The third kappa shape index (κ3) is 2.82. The normalized spacial score (nSPS) is 26.2. The Balaban J connectivity index is 1.85. The molecular weight excluding hydrogens is 290 g/mol. The standard InChI is InChI=1S/C14H20ClN5O/c1-9-4-3-5-14(21,6-9)7-16-12-10(2)11(15)19-13-17-8-18-20(12)13/h8-9,16,21H,3-7H2,1-2H3. The summed E-state index contributed by atoms with van der Waals surface area (Å²) in [6.45, 7) is 4.55. The van der Waals surface area contributed by atoms with E-state index in [2.05, 4.69) is 27.3 Å². The van der Waals surface area contributed by atoms with Crippen LogP contribution in [0.25, 0.3) is 5.78 Å². The molecule has 2 aromatic heterocycles. The van der Waals surface area contributed by atoms with Crippen molar-refractivity contribution in [2.75, 3.05) is 11.9 Å². The van der Waals surface area contributed by atoms with Crippen molar-refractivity contribution in [1.82, 2.24) is 19.6 Å². The fraction of sp³-hybridized carbons (Fsp3) is 0.643. The average molecular weight is 310 g/mol. The van der Waals surface area contributed by atoms with Crippen LogP contribution in [0.1, 0.15) is 38.2 Å². The van der Waals surface area contributed by atoms with Crippen LogP contribution in [0.5, 0.6) is 0 Å². The zero-order chi connectivity index (χ0) is 15.0. The van der Waals surface area contributed by atoms with E-state index in [0.29, 0.717) is 23.4 Å². The summed E-state index contributed by atoms with van der Waals surface area (Å²) in [4.78, 5) is 8.23. The second kappa shape index (κ2) is 5.42. The maximum Gasteiger partial charge on any atom is 0.255 e. The fourth-order valence-electron chi connectivity index (χ4n) is 3.15. The number of halogens is 1. The van der Waals surface area contributed by atoms with Crippen molar-refractivity contribution in [3.05, 3.63) is 17.0 Å². The number of aromatic nitrogens is 4. The molecule has 1 fully saturated rings. The second-order valence-corrected chi connectivity index (χ2v) is 6.49. The smallest absolute Gasteiger partial charge is 0.255 e. The third-order valence-corrected chi connectivity index (χ3v) is 4.62. The summed E-state index contributed by atoms with van der Waals surface area (Å²) in [7, 11) is 0. The highest BCUT2D eigenvalue weighted by molar-refractivity contribution is 6.30. The van der Waals surface area contributed by atoms with E-state index < -0.39 is 5.60 Å². The molecule has 114 valence electrons. The molecule has 21 heavy (non-hydrogen) atoms. The Kier molecular flexibility index (Phi) is 3.75. The lowest BCUT2D eigenvalue weighted by molar-refractivity contribution is -0.000862. The van der Waals surface area contributed by atoms with Crippen molar-refractivity contribution in [2.24, 2.45) is 5.92 Å². The molecule has 0 saturated heterocycles. The molecule has 0 radical (unpaired) electrons. The van der Waals surface area contributed by atoms with Gasteiger partial charge in [-0.1, -0.05) is 31.4 Å². The lowest BCUT2D eigenvalue weighted by Gasteiger charge is -2.36. The Morgan fingerprint density at radius 3 is 3.14 bits per heavy atom. The molecule has 0 aromatic carbocycles. The van der Waals surface area contributed by atoms with Gasteiger partial charge in [-0.15, -0.1) is 0 Å². The molecule has 0 bridgehead atoms. The molecule has 0 spiro atoms. The van der Waals surface area contributed by atoms with E-state index in [9.17, 15) is 5.11 Å². The van der Waals surface area contributed by atoms with Gasteiger partial charge in [-0.05, 0) is 25.7 Å². The molecule has 6 nitrogen and oxygen atoms in total. The fourth-order valence-corrected chi connectivity index (χ4v) is 3.31. The van der Waals surface area contributed by atoms with Crippen molar-refractivity contribution in [3.63, 3.8) is 0 Å². The molecular formula is C14H20ClN5O.